The van der Waals surface area contributed by atoms with Crippen LogP contribution in [0.15, 0.2) is 36.0 Å². The number of fused-ring (bicyclic) bond motifs is 1. The van der Waals surface area contributed by atoms with Crippen LogP contribution in [-0.4, -0.2) is 48.0 Å². The van der Waals surface area contributed by atoms with E-state index in [9.17, 15) is 9.59 Å². The van der Waals surface area contributed by atoms with Crippen LogP contribution in [0.25, 0.3) is 5.52 Å². The van der Waals surface area contributed by atoms with Gasteiger partial charge in [-0.1, -0.05) is 17.7 Å². The van der Waals surface area contributed by atoms with E-state index in [1.807, 2.05) is 12.1 Å². The lowest BCUT2D eigenvalue weighted by molar-refractivity contribution is 0.0937. The quantitative estimate of drug-likeness (QED) is 0.514. The molecule has 0 fully saturated rings. The average Bonchev–Trinajstić information content (AvgIpc) is 3.12. The van der Waals surface area contributed by atoms with Gasteiger partial charge in [-0.3, -0.25) is 14.0 Å². The number of hydrogen-bond acceptors (Lipinski definition) is 4. The molecule has 0 bridgehead atoms. The van der Waals surface area contributed by atoms with Gasteiger partial charge >= 0.3 is 0 Å². The summed E-state index contributed by atoms with van der Waals surface area (Å²) < 4.78 is 6.64. The molecule has 0 saturated heterocycles. The van der Waals surface area contributed by atoms with Crippen molar-refractivity contribution in [3.05, 3.63) is 47.6 Å². The second-order valence-corrected chi connectivity index (χ2v) is 6.96. The molecule has 28 heavy (non-hydrogen) atoms. The van der Waals surface area contributed by atoms with Crippen LogP contribution in [0.3, 0.4) is 0 Å². The first-order valence-electron chi connectivity index (χ1n) is 9.91. The summed E-state index contributed by atoms with van der Waals surface area (Å²) in [6.07, 6.45) is 10.4. The predicted octanol–water partition coefficient (Wildman–Crippen LogP) is 2.72. The average molecular weight is 384 g/mol. The maximum absolute atomic E-state index is 12.7. The van der Waals surface area contributed by atoms with Gasteiger partial charge in [-0.25, -0.2) is 4.98 Å². The van der Waals surface area contributed by atoms with Crippen LogP contribution >= 0.6 is 0 Å². The molecule has 1 aliphatic rings. The third kappa shape index (κ3) is 4.98. The van der Waals surface area contributed by atoms with E-state index in [2.05, 4.69) is 21.7 Å². The maximum Gasteiger partial charge on any atom is 0.287 e. The molecular formula is C21H28N4O3. The lowest BCUT2D eigenvalue weighted by Crippen LogP contribution is -2.28. The Bertz CT molecular complexity index is 856. The molecule has 7 nitrogen and oxygen atoms in total. The number of hydrogen-bond donors (Lipinski definition) is 2. The topological polar surface area (TPSA) is 84.7 Å². The highest BCUT2D eigenvalue weighted by Crippen LogP contribution is 2.19. The minimum atomic E-state index is -0.302. The fourth-order valence-electron chi connectivity index (χ4n) is 3.41. The van der Waals surface area contributed by atoms with Gasteiger partial charge in [0.05, 0.1) is 5.52 Å². The van der Waals surface area contributed by atoms with Crippen molar-refractivity contribution in [2.24, 2.45) is 0 Å². The van der Waals surface area contributed by atoms with Crippen molar-refractivity contribution in [1.82, 2.24) is 20.0 Å². The summed E-state index contributed by atoms with van der Waals surface area (Å²) in [6, 6.07) is 5.45. The molecule has 3 rings (SSSR count). The molecule has 2 amide bonds. The van der Waals surface area contributed by atoms with E-state index >= 15 is 0 Å². The normalized spacial score (nSPS) is 14.0. The number of rotatable bonds is 9. The summed E-state index contributed by atoms with van der Waals surface area (Å²) in [5.41, 5.74) is 2.32. The number of carbonyl (C=O) groups is 2. The zero-order valence-electron chi connectivity index (χ0n) is 16.4. The van der Waals surface area contributed by atoms with Crippen molar-refractivity contribution in [3.8, 4) is 0 Å². The molecule has 0 spiro atoms. The molecule has 0 unspecified atom stereocenters. The van der Waals surface area contributed by atoms with Gasteiger partial charge in [0.1, 0.15) is 0 Å². The zero-order valence-corrected chi connectivity index (χ0v) is 16.4. The number of imidazole rings is 1. The van der Waals surface area contributed by atoms with E-state index in [0.29, 0.717) is 25.2 Å². The Labute approximate surface area is 165 Å². The first-order valence-corrected chi connectivity index (χ1v) is 9.91. The Balaban J connectivity index is 1.67. The molecular weight excluding hydrogens is 356 g/mol. The maximum atomic E-state index is 12.7. The second kappa shape index (κ2) is 10.0. The fourth-order valence-corrected chi connectivity index (χ4v) is 3.41. The highest BCUT2D eigenvalue weighted by atomic mass is 16.5. The fraction of sp³-hybridized carbons (Fsp3) is 0.476. The lowest BCUT2D eigenvalue weighted by Gasteiger charge is -2.12. The van der Waals surface area contributed by atoms with Gasteiger partial charge in [0.15, 0.2) is 5.69 Å². The van der Waals surface area contributed by atoms with Crippen LogP contribution in [0, 0.1) is 0 Å². The molecule has 150 valence electrons. The van der Waals surface area contributed by atoms with Crippen LogP contribution in [0.4, 0.5) is 0 Å². The van der Waals surface area contributed by atoms with Gasteiger partial charge in [-0.15, -0.1) is 0 Å². The molecule has 1 aliphatic carbocycles. The van der Waals surface area contributed by atoms with Crippen molar-refractivity contribution < 1.29 is 14.3 Å². The molecule has 7 heteroatoms. The molecule has 2 N–H and O–H groups in total. The standard InChI is InChI=1S/C21H28N4O3/c1-28-15-7-12-22-21(27)19-24-18(17-10-5-6-14-25(17)19)20(26)23-13-11-16-8-3-2-4-9-16/h5-6,8,10,14H,2-4,7,9,11-13,15H2,1H3,(H,22,27)(H,23,26). The number of allylic oxidation sites excluding steroid dienone is 1. The van der Waals surface area contributed by atoms with E-state index in [1.54, 1.807) is 23.8 Å². The number of nitrogens with zero attached hydrogens (tertiary/aromatic N) is 2. The number of nitrogens with one attached hydrogen (secondary N) is 2. The Morgan fingerprint density at radius 1 is 1.18 bits per heavy atom. The molecule has 0 aliphatic heterocycles. The van der Waals surface area contributed by atoms with Gasteiger partial charge in [-0.05, 0) is 50.7 Å². The minimum Gasteiger partial charge on any atom is -0.385 e. The van der Waals surface area contributed by atoms with Crippen molar-refractivity contribution in [2.45, 2.75) is 38.5 Å². The summed E-state index contributed by atoms with van der Waals surface area (Å²) in [7, 11) is 1.62. The Morgan fingerprint density at radius 3 is 2.82 bits per heavy atom. The number of carbonyl (C=O) groups excluding carboxylic acids is 2. The summed E-state index contributed by atoms with van der Waals surface area (Å²) in [5, 5.41) is 5.77. The monoisotopic (exact) mass is 384 g/mol. The summed E-state index contributed by atoms with van der Waals surface area (Å²) in [4.78, 5) is 29.5. The Kier molecular flexibility index (Phi) is 7.19. The van der Waals surface area contributed by atoms with E-state index in [1.165, 1.54) is 18.4 Å². The molecule has 0 atom stereocenters. The van der Waals surface area contributed by atoms with Crippen LogP contribution in [0.1, 0.15) is 59.6 Å². The number of amides is 2. The third-order valence-corrected chi connectivity index (χ3v) is 4.89. The number of aromatic nitrogens is 2. The lowest BCUT2D eigenvalue weighted by atomic mass is 9.97. The van der Waals surface area contributed by atoms with Gasteiger partial charge in [0.25, 0.3) is 11.8 Å². The van der Waals surface area contributed by atoms with Crippen LogP contribution in [0.5, 0.6) is 0 Å². The molecule has 2 aromatic heterocycles. The molecule has 0 saturated carbocycles. The largest absolute Gasteiger partial charge is 0.385 e. The van der Waals surface area contributed by atoms with Gasteiger partial charge in [-0.2, -0.15) is 0 Å². The minimum absolute atomic E-state index is 0.216. The molecule has 2 aromatic rings. The van der Waals surface area contributed by atoms with Gasteiger partial charge < -0.3 is 15.4 Å². The van der Waals surface area contributed by atoms with Crippen molar-refractivity contribution in [3.63, 3.8) is 0 Å². The smallest absolute Gasteiger partial charge is 0.287 e. The molecule has 2 heterocycles. The predicted molar refractivity (Wildman–Crippen MR) is 108 cm³/mol. The van der Waals surface area contributed by atoms with E-state index < -0.39 is 0 Å². The van der Waals surface area contributed by atoms with E-state index in [0.717, 1.165) is 25.7 Å². The summed E-state index contributed by atoms with van der Waals surface area (Å²) in [6.45, 7) is 1.65. The summed E-state index contributed by atoms with van der Waals surface area (Å²) >= 11 is 0. The van der Waals surface area contributed by atoms with Gasteiger partial charge in [0, 0.05) is 33.0 Å². The second-order valence-electron chi connectivity index (χ2n) is 6.96. The summed E-state index contributed by atoms with van der Waals surface area (Å²) in [5.74, 6) is -0.338. The highest BCUT2D eigenvalue weighted by Gasteiger charge is 2.21. The zero-order chi connectivity index (χ0) is 19.8. The number of methoxy groups -OCH3 is 1. The van der Waals surface area contributed by atoms with Crippen LogP contribution in [-0.2, 0) is 4.74 Å². The van der Waals surface area contributed by atoms with E-state index in [4.69, 9.17) is 4.74 Å². The Morgan fingerprint density at radius 2 is 2.04 bits per heavy atom. The van der Waals surface area contributed by atoms with Crippen LogP contribution in [0.2, 0.25) is 0 Å². The van der Waals surface area contributed by atoms with Crippen molar-refractivity contribution >= 4 is 17.3 Å². The van der Waals surface area contributed by atoms with Crippen LogP contribution < -0.4 is 10.6 Å². The van der Waals surface area contributed by atoms with E-state index in [-0.39, 0.29) is 23.3 Å². The molecule has 0 radical (unpaired) electrons. The van der Waals surface area contributed by atoms with Crippen molar-refractivity contribution in [1.29, 1.82) is 0 Å². The molecule has 0 aromatic carbocycles. The van der Waals surface area contributed by atoms with Gasteiger partial charge in [0.2, 0.25) is 5.82 Å². The van der Waals surface area contributed by atoms with Crippen molar-refractivity contribution in [2.75, 3.05) is 26.8 Å². The first kappa shape index (κ1) is 20.1. The Hall–Kier alpha value is -2.67. The number of pyridine rings is 1. The SMILES string of the molecule is COCCCNC(=O)c1nc(C(=O)NCCC2=CCCCC2)c2ccccn12. The number of ether oxygens (including phenoxy) is 1. The highest BCUT2D eigenvalue weighted by molar-refractivity contribution is 6.02. The third-order valence-electron chi connectivity index (χ3n) is 4.89. The first-order chi connectivity index (χ1) is 13.7.